The number of hydrogen-bond acceptors (Lipinski definition) is 4. The average molecular weight is 381 g/mol. The van der Waals surface area contributed by atoms with Gasteiger partial charge in [0.25, 0.3) is 5.79 Å². The molecule has 0 unspecified atom stereocenters. The van der Waals surface area contributed by atoms with Crippen molar-refractivity contribution in [3.8, 4) is 0 Å². The first-order valence-corrected chi connectivity index (χ1v) is 10.2. The van der Waals surface area contributed by atoms with Crippen LogP contribution in [0.15, 0.2) is 24.3 Å². The summed E-state index contributed by atoms with van der Waals surface area (Å²) in [7, 11) is 2.66. The summed E-state index contributed by atoms with van der Waals surface area (Å²) in [4.78, 5) is 23.5. The van der Waals surface area contributed by atoms with E-state index in [1.807, 2.05) is 12.2 Å². The quantitative estimate of drug-likeness (QED) is 0.263. The molecule has 0 amide bonds. The maximum absolute atomic E-state index is 12.2. The zero-order valence-electron chi connectivity index (χ0n) is 17.1. The van der Waals surface area contributed by atoms with Crippen molar-refractivity contribution in [1.29, 1.82) is 0 Å². The maximum atomic E-state index is 12.2. The van der Waals surface area contributed by atoms with Crippen molar-refractivity contribution in [3.05, 3.63) is 24.3 Å². The predicted octanol–water partition coefficient (Wildman–Crippen LogP) is 4.91. The number of allylic oxidation sites excluding steroid dienone is 4. The Labute approximate surface area is 163 Å². The molecule has 0 saturated heterocycles. The van der Waals surface area contributed by atoms with Gasteiger partial charge in [0.15, 0.2) is 0 Å². The summed E-state index contributed by atoms with van der Waals surface area (Å²) in [6, 6.07) is 0. The molecule has 1 fully saturated rings. The highest BCUT2D eigenvalue weighted by atomic mass is 16.7. The molecule has 0 heterocycles. The van der Waals surface area contributed by atoms with Gasteiger partial charge in [0.05, 0.1) is 0 Å². The lowest BCUT2D eigenvalue weighted by Gasteiger charge is -2.25. The van der Waals surface area contributed by atoms with Crippen molar-refractivity contribution in [2.45, 2.75) is 76.9 Å². The fourth-order valence-corrected chi connectivity index (χ4v) is 3.63. The van der Waals surface area contributed by atoms with Crippen molar-refractivity contribution in [2.75, 3.05) is 14.2 Å². The number of ether oxygens (including phenoxy) is 2. The van der Waals surface area contributed by atoms with Crippen LogP contribution in [0.4, 0.5) is 0 Å². The third-order valence-corrected chi connectivity index (χ3v) is 5.44. The maximum Gasteiger partial charge on any atom is 0.364 e. The minimum Gasteiger partial charge on any atom is -0.477 e. The van der Waals surface area contributed by atoms with Crippen molar-refractivity contribution < 1.29 is 24.2 Å². The van der Waals surface area contributed by atoms with E-state index in [4.69, 9.17) is 9.47 Å². The SMILES string of the molecule is CCCCCC/C=C/[C@H]1CCC(=O)[C@@H]1C/C=C\CCC(OC)(OC)C(=O)O. The van der Waals surface area contributed by atoms with Crippen LogP contribution in [0.2, 0.25) is 0 Å². The molecule has 1 aliphatic carbocycles. The number of carboxylic acids is 1. The number of ketones is 1. The molecule has 5 nitrogen and oxygen atoms in total. The molecule has 27 heavy (non-hydrogen) atoms. The number of Topliss-reactive ketones (excluding diaryl/α,β-unsaturated/α-hetero) is 1. The van der Waals surface area contributed by atoms with Gasteiger partial charge in [-0.25, -0.2) is 4.79 Å². The molecule has 0 bridgehead atoms. The van der Waals surface area contributed by atoms with Gasteiger partial charge >= 0.3 is 5.97 Å². The van der Waals surface area contributed by atoms with Crippen molar-refractivity contribution in [1.82, 2.24) is 0 Å². The Morgan fingerprint density at radius 2 is 1.89 bits per heavy atom. The number of unbranched alkanes of at least 4 members (excludes halogenated alkanes) is 4. The standard InChI is InChI=1S/C22H36O5/c1-4-5-6-7-8-10-13-18-15-16-20(23)19(18)14-11-9-12-17-22(26-2,27-3)21(24)25/h9-11,13,18-19H,4-8,12,14-17H2,1-3H3,(H,24,25)/b11-9-,13-10+/t18-,19+/m0/s1. The Bertz CT molecular complexity index is 505. The van der Waals surface area contributed by atoms with E-state index in [-0.39, 0.29) is 12.3 Å². The smallest absolute Gasteiger partial charge is 0.364 e. The van der Waals surface area contributed by atoms with Gasteiger partial charge in [0.1, 0.15) is 5.78 Å². The molecule has 2 atom stereocenters. The summed E-state index contributed by atoms with van der Waals surface area (Å²) in [5.74, 6) is -1.99. The molecule has 5 heteroatoms. The van der Waals surface area contributed by atoms with E-state index in [0.717, 1.165) is 12.8 Å². The van der Waals surface area contributed by atoms with Crippen LogP contribution in [0.1, 0.15) is 71.1 Å². The lowest BCUT2D eigenvalue weighted by Crippen LogP contribution is -2.42. The zero-order chi connectivity index (χ0) is 20.1. The van der Waals surface area contributed by atoms with E-state index in [0.29, 0.717) is 31.0 Å². The Balaban J connectivity index is 2.43. The van der Waals surface area contributed by atoms with Crippen LogP contribution in [0.5, 0.6) is 0 Å². The summed E-state index contributed by atoms with van der Waals surface area (Å²) in [6.45, 7) is 2.21. The third kappa shape index (κ3) is 7.59. The number of carboxylic acid groups (broad SMARTS) is 1. The predicted molar refractivity (Wildman–Crippen MR) is 106 cm³/mol. The molecule has 1 N–H and O–H groups in total. The normalized spacial score (nSPS) is 20.9. The van der Waals surface area contributed by atoms with Gasteiger partial charge in [0.2, 0.25) is 0 Å². The third-order valence-electron chi connectivity index (χ3n) is 5.44. The molecule has 0 aromatic rings. The molecule has 0 spiro atoms. The van der Waals surface area contributed by atoms with Gasteiger partial charge in [-0.15, -0.1) is 0 Å². The molecule has 1 rings (SSSR count). The molecule has 1 aliphatic rings. The second-order valence-corrected chi connectivity index (χ2v) is 7.26. The van der Waals surface area contributed by atoms with Crippen LogP contribution in [-0.4, -0.2) is 36.9 Å². The summed E-state index contributed by atoms with van der Waals surface area (Å²) in [6.07, 6.45) is 17.6. The topological polar surface area (TPSA) is 72.8 Å². The Hall–Kier alpha value is -1.46. The highest BCUT2D eigenvalue weighted by Crippen LogP contribution is 2.33. The fourth-order valence-electron chi connectivity index (χ4n) is 3.63. The Morgan fingerprint density at radius 1 is 1.15 bits per heavy atom. The van der Waals surface area contributed by atoms with Crippen LogP contribution in [0.25, 0.3) is 0 Å². The first-order chi connectivity index (χ1) is 13.0. The van der Waals surface area contributed by atoms with E-state index in [1.54, 1.807) is 0 Å². The molecule has 154 valence electrons. The molecule has 0 radical (unpaired) electrons. The zero-order valence-corrected chi connectivity index (χ0v) is 17.1. The van der Waals surface area contributed by atoms with Crippen molar-refractivity contribution >= 4 is 11.8 Å². The van der Waals surface area contributed by atoms with E-state index >= 15 is 0 Å². The monoisotopic (exact) mass is 380 g/mol. The van der Waals surface area contributed by atoms with Crippen LogP contribution in [0, 0.1) is 11.8 Å². The van der Waals surface area contributed by atoms with Crippen molar-refractivity contribution in [2.24, 2.45) is 11.8 Å². The minimum absolute atomic E-state index is 0.0576. The van der Waals surface area contributed by atoms with E-state index in [1.165, 1.54) is 39.9 Å². The van der Waals surface area contributed by atoms with Gasteiger partial charge in [-0.2, -0.15) is 0 Å². The number of aliphatic carboxylic acids is 1. The fraction of sp³-hybridized carbons (Fsp3) is 0.727. The molecule has 0 aliphatic heterocycles. The van der Waals surface area contributed by atoms with Crippen LogP contribution in [-0.2, 0) is 19.1 Å². The van der Waals surface area contributed by atoms with E-state index in [2.05, 4.69) is 19.1 Å². The summed E-state index contributed by atoms with van der Waals surface area (Å²) in [5, 5.41) is 9.25. The van der Waals surface area contributed by atoms with Crippen LogP contribution in [0.3, 0.4) is 0 Å². The van der Waals surface area contributed by atoms with Gasteiger partial charge in [0, 0.05) is 33.0 Å². The summed E-state index contributed by atoms with van der Waals surface area (Å²) in [5.41, 5.74) is 0. The lowest BCUT2D eigenvalue weighted by atomic mass is 9.91. The molecule has 1 saturated carbocycles. The first-order valence-electron chi connectivity index (χ1n) is 10.2. The number of carbonyl (C=O) groups is 2. The molecular weight excluding hydrogens is 344 g/mol. The van der Waals surface area contributed by atoms with Gasteiger partial charge in [-0.05, 0) is 38.0 Å². The number of methoxy groups -OCH3 is 2. The van der Waals surface area contributed by atoms with Crippen LogP contribution < -0.4 is 0 Å². The van der Waals surface area contributed by atoms with Gasteiger partial charge in [-0.3, -0.25) is 4.79 Å². The Morgan fingerprint density at radius 3 is 2.52 bits per heavy atom. The highest BCUT2D eigenvalue weighted by Gasteiger charge is 2.38. The molecule has 0 aromatic heterocycles. The second-order valence-electron chi connectivity index (χ2n) is 7.26. The van der Waals surface area contributed by atoms with Gasteiger partial charge < -0.3 is 14.6 Å². The van der Waals surface area contributed by atoms with E-state index in [9.17, 15) is 14.7 Å². The second kappa shape index (κ2) is 12.8. The number of carbonyl (C=O) groups excluding carboxylic acids is 1. The minimum atomic E-state index is -1.60. The van der Waals surface area contributed by atoms with E-state index < -0.39 is 11.8 Å². The summed E-state index contributed by atoms with van der Waals surface area (Å²) < 4.78 is 10.0. The number of rotatable bonds is 14. The Kier molecular flexibility index (Phi) is 11.2. The molecular formula is C22H36O5. The van der Waals surface area contributed by atoms with Crippen LogP contribution >= 0.6 is 0 Å². The first kappa shape index (κ1) is 23.6. The lowest BCUT2D eigenvalue weighted by molar-refractivity contribution is -0.227. The number of hydrogen-bond donors (Lipinski definition) is 1. The van der Waals surface area contributed by atoms with Gasteiger partial charge in [-0.1, -0.05) is 50.5 Å². The average Bonchev–Trinajstić information content (AvgIpc) is 3.01. The van der Waals surface area contributed by atoms with Crippen molar-refractivity contribution in [3.63, 3.8) is 0 Å². The largest absolute Gasteiger partial charge is 0.477 e. The summed E-state index contributed by atoms with van der Waals surface area (Å²) >= 11 is 0. The molecule has 0 aromatic carbocycles. The highest BCUT2D eigenvalue weighted by molar-refractivity contribution is 5.83.